The first kappa shape index (κ1) is 26.6. The van der Waals surface area contributed by atoms with E-state index in [-0.39, 0.29) is 27.9 Å². The molecule has 2 aromatic rings. The highest BCUT2D eigenvalue weighted by atomic mass is 32.2. The summed E-state index contributed by atoms with van der Waals surface area (Å²) in [4.78, 5) is 20.6. The second-order valence-electron chi connectivity index (χ2n) is 8.42. The van der Waals surface area contributed by atoms with Gasteiger partial charge in [0.2, 0.25) is 0 Å². The number of nitrogens with one attached hydrogen (secondary N) is 1. The Morgan fingerprint density at radius 1 is 1.26 bits per heavy atom. The van der Waals surface area contributed by atoms with E-state index in [0.29, 0.717) is 0 Å². The van der Waals surface area contributed by atoms with Crippen LogP contribution >= 0.6 is 11.8 Å². The van der Waals surface area contributed by atoms with Crippen molar-refractivity contribution in [2.75, 3.05) is 18.6 Å². The first-order chi connectivity index (χ1) is 16.2. The van der Waals surface area contributed by atoms with Crippen molar-refractivity contribution >= 4 is 28.5 Å². The van der Waals surface area contributed by atoms with Gasteiger partial charge in [0.05, 0.1) is 16.5 Å². The van der Waals surface area contributed by atoms with Gasteiger partial charge >= 0.3 is 6.18 Å². The maximum atomic E-state index is 14.9. The van der Waals surface area contributed by atoms with Gasteiger partial charge in [-0.3, -0.25) is 9.79 Å². The van der Waals surface area contributed by atoms with Crippen molar-refractivity contribution in [3.05, 3.63) is 53.4 Å². The summed E-state index contributed by atoms with van der Waals surface area (Å²) in [5.74, 6) is -4.16. The molecule has 35 heavy (non-hydrogen) atoms. The summed E-state index contributed by atoms with van der Waals surface area (Å²) in [5, 5.41) is 2.38. The lowest BCUT2D eigenvalue weighted by molar-refractivity contribution is -0.153. The fourth-order valence-corrected chi connectivity index (χ4v) is 4.87. The van der Waals surface area contributed by atoms with Crippen molar-refractivity contribution in [3.8, 4) is 5.75 Å². The number of alkyl halides is 4. The Labute approximate surface area is 201 Å². The van der Waals surface area contributed by atoms with Crippen LogP contribution in [-0.4, -0.2) is 40.3 Å². The molecule has 0 saturated heterocycles. The number of amidine groups is 1. The molecule has 3 rings (SSSR count). The lowest BCUT2D eigenvalue weighted by Gasteiger charge is -2.46. The topological polar surface area (TPSA) is 89.6 Å². The summed E-state index contributed by atoms with van der Waals surface area (Å²) >= 11 is 1.01. The van der Waals surface area contributed by atoms with Gasteiger partial charge in [0, 0.05) is 23.2 Å². The monoisotopic (exact) mass is 520 g/mol. The number of ether oxygens (including phenoxy) is 1. The van der Waals surface area contributed by atoms with Crippen LogP contribution in [0.3, 0.4) is 0 Å². The molecule has 0 radical (unpaired) electrons. The molecule has 3 N–H and O–H groups in total. The van der Waals surface area contributed by atoms with Gasteiger partial charge in [-0.15, -0.1) is 0 Å². The number of carbonyl (C=O) groups excluding carboxylic acids is 1. The van der Waals surface area contributed by atoms with Gasteiger partial charge < -0.3 is 15.8 Å². The maximum Gasteiger partial charge on any atom is 0.422 e. The minimum atomic E-state index is -4.54. The predicted octanol–water partition coefficient (Wildman–Crippen LogP) is 5.19. The van der Waals surface area contributed by atoms with E-state index in [1.807, 2.05) is 0 Å². The average Bonchev–Trinajstić information content (AvgIpc) is 2.78. The van der Waals surface area contributed by atoms with E-state index in [1.165, 1.54) is 13.0 Å². The maximum absolute atomic E-state index is 14.9. The summed E-state index contributed by atoms with van der Waals surface area (Å²) in [6.45, 7) is 2.44. The molecule has 1 unspecified atom stereocenters. The molecular weight excluding hydrogens is 498 g/mol. The van der Waals surface area contributed by atoms with E-state index in [2.05, 4.69) is 20.0 Å². The highest BCUT2D eigenvalue weighted by Crippen LogP contribution is 2.50. The summed E-state index contributed by atoms with van der Waals surface area (Å²) in [6, 6.07) is 4.16. The molecule has 0 bridgehead atoms. The number of nitrogens with two attached hydrogens (primary N) is 1. The SMILES string of the molecule is CC1[C@@](C)(CF)SC(N)=N[C@]1(C)c1cc(NC(=O)c2ccc(OCC(F)(F)F)cn2)cc(F)c1F. The molecule has 3 atom stereocenters. The van der Waals surface area contributed by atoms with E-state index in [4.69, 9.17) is 5.73 Å². The Balaban J connectivity index is 1.88. The molecule has 190 valence electrons. The average molecular weight is 520 g/mol. The molecule has 2 heterocycles. The number of aliphatic imine (C=N–C) groups is 1. The van der Waals surface area contributed by atoms with Gasteiger partial charge in [-0.05, 0) is 32.0 Å². The molecule has 6 nitrogen and oxygen atoms in total. The normalized spacial score (nSPS) is 24.6. The molecular formula is C22H22F6N4O2S. The zero-order chi connectivity index (χ0) is 26.2. The van der Waals surface area contributed by atoms with Crippen LogP contribution in [-0.2, 0) is 5.54 Å². The van der Waals surface area contributed by atoms with Crippen LogP contribution < -0.4 is 15.8 Å². The van der Waals surface area contributed by atoms with E-state index >= 15 is 0 Å². The first-order valence-corrected chi connectivity index (χ1v) is 11.1. The van der Waals surface area contributed by atoms with Crippen molar-refractivity contribution in [3.63, 3.8) is 0 Å². The number of hydrogen-bond donors (Lipinski definition) is 2. The van der Waals surface area contributed by atoms with Crippen molar-refractivity contribution in [1.82, 2.24) is 4.98 Å². The van der Waals surface area contributed by atoms with Gasteiger partial charge in [-0.1, -0.05) is 18.7 Å². The fraction of sp³-hybridized carbons (Fsp3) is 0.409. The van der Waals surface area contributed by atoms with Crippen LogP contribution in [0.1, 0.15) is 36.8 Å². The van der Waals surface area contributed by atoms with Crippen LogP contribution in [0.4, 0.5) is 32.0 Å². The van der Waals surface area contributed by atoms with Gasteiger partial charge in [-0.2, -0.15) is 13.2 Å². The highest BCUT2D eigenvalue weighted by Gasteiger charge is 2.50. The standard InChI is InChI=1S/C22H22F6N4O2S/c1-11-20(2,9-23)35-19(29)32-21(11,3)14-6-12(7-15(24)17(14)25)31-18(33)16-5-4-13(8-30-16)34-10-22(26,27)28/h4-8,11H,9-10H2,1-3H3,(H2,29,32)(H,31,33)/t11?,20-,21+/m1/s1. The van der Waals surface area contributed by atoms with E-state index in [0.717, 1.165) is 36.2 Å². The highest BCUT2D eigenvalue weighted by molar-refractivity contribution is 8.15. The fourth-order valence-electron chi connectivity index (χ4n) is 3.70. The minimum absolute atomic E-state index is 0.0111. The van der Waals surface area contributed by atoms with Gasteiger partial charge in [0.15, 0.2) is 23.4 Å². The Morgan fingerprint density at radius 2 is 1.94 bits per heavy atom. The summed E-state index contributed by atoms with van der Waals surface area (Å²) < 4.78 is 83.6. The van der Waals surface area contributed by atoms with Crippen LogP contribution in [0.25, 0.3) is 0 Å². The molecule has 1 aromatic heterocycles. The number of nitrogens with zero attached hydrogens (tertiary/aromatic N) is 2. The molecule has 1 aromatic carbocycles. The number of carbonyl (C=O) groups is 1. The van der Waals surface area contributed by atoms with Crippen LogP contribution in [0.15, 0.2) is 35.5 Å². The number of amides is 1. The van der Waals surface area contributed by atoms with Crippen LogP contribution in [0, 0.1) is 17.6 Å². The molecule has 13 heteroatoms. The molecule has 0 saturated carbocycles. The second kappa shape index (κ2) is 9.59. The number of halogens is 6. The third-order valence-electron chi connectivity index (χ3n) is 5.91. The van der Waals surface area contributed by atoms with E-state index in [1.54, 1.807) is 13.8 Å². The molecule has 1 aliphatic heterocycles. The minimum Gasteiger partial charge on any atom is -0.483 e. The van der Waals surface area contributed by atoms with Gasteiger partial charge in [-0.25, -0.2) is 18.2 Å². The van der Waals surface area contributed by atoms with Crippen molar-refractivity contribution in [2.24, 2.45) is 16.6 Å². The number of benzene rings is 1. The molecule has 1 aliphatic rings. The van der Waals surface area contributed by atoms with E-state index in [9.17, 15) is 31.1 Å². The molecule has 0 aliphatic carbocycles. The Morgan fingerprint density at radius 3 is 2.51 bits per heavy atom. The van der Waals surface area contributed by atoms with Gasteiger partial charge in [0.25, 0.3) is 5.91 Å². The summed E-state index contributed by atoms with van der Waals surface area (Å²) in [6.07, 6.45) is -3.61. The third-order valence-corrected chi connectivity index (χ3v) is 7.14. The Kier molecular flexibility index (Phi) is 7.30. The number of rotatable bonds is 6. The van der Waals surface area contributed by atoms with Gasteiger partial charge in [0.1, 0.15) is 18.1 Å². The number of anilines is 1. The Bertz CT molecular complexity index is 1140. The van der Waals surface area contributed by atoms with Crippen LogP contribution in [0.2, 0.25) is 0 Å². The largest absolute Gasteiger partial charge is 0.483 e. The Hall–Kier alpha value is -2.96. The lowest BCUT2D eigenvalue weighted by Crippen LogP contribution is -2.49. The zero-order valence-electron chi connectivity index (χ0n) is 18.8. The molecule has 0 fully saturated rings. The second-order valence-corrected chi connectivity index (χ2v) is 9.98. The number of aromatic nitrogens is 1. The number of hydrogen-bond acceptors (Lipinski definition) is 6. The zero-order valence-corrected chi connectivity index (χ0v) is 19.7. The molecule has 1 amide bonds. The number of thioether (sulfide) groups is 1. The van der Waals surface area contributed by atoms with Crippen LogP contribution in [0.5, 0.6) is 5.75 Å². The van der Waals surface area contributed by atoms with Crippen molar-refractivity contribution < 1.29 is 35.9 Å². The smallest absolute Gasteiger partial charge is 0.422 e. The predicted molar refractivity (Wildman–Crippen MR) is 120 cm³/mol. The van der Waals surface area contributed by atoms with E-state index < -0.39 is 53.2 Å². The quantitative estimate of drug-likeness (QED) is 0.512. The van der Waals surface area contributed by atoms with Crippen molar-refractivity contribution in [2.45, 2.75) is 37.2 Å². The summed E-state index contributed by atoms with van der Waals surface area (Å²) in [7, 11) is 0. The first-order valence-electron chi connectivity index (χ1n) is 10.3. The summed E-state index contributed by atoms with van der Waals surface area (Å²) in [5.41, 5.74) is 3.86. The third kappa shape index (κ3) is 5.65. The number of pyridine rings is 1. The van der Waals surface area contributed by atoms with Crippen molar-refractivity contribution in [1.29, 1.82) is 0 Å². The lowest BCUT2D eigenvalue weighted by atomic mass is 9.74. The molecule has 0 spiro atoms.